The van der Waals surface area contributed by atoms with Gasteiger partial charge in [-0.15, -0.1) is 0 Å². The van der Waals surface area contributed by atoms with Gasteiger partial charge in [0.15, 0.2) is 0 Å². The van der Waals surface area contributed by atoms with E-state index in [0.29, 0.717) is 37.3 Å². The Kier molecular flexibility index (Phi) is 7.66. The smallest absolute Gasteiger partial charge is 0.410 e. The van der Waals surface area contributed by atoms with Gasteiger partial charge in [0.1, 0.15) is 12.2 Å². The Bertz CT molecular complexity index is 793. The summed E-state index contributed by atoms with van der Waals surface area (Å²) in [7, 11) is 1.31. The predicted molar refractivity (Wildman–Crippen MR) is 110 cm³/mol. The van der Waals surface area contributed by atoms with Gasteiger partial charge in [0.05, 0.1) is 19.3 Å². The number of carboxylic acid groups (broad SMARTS) is 1. The normalized spacial score (nSPS) is 14.4. The number of anilines is 1. The first-order chi connectivity index (χ1) is 14.0. The van der Waals surface area contributed by atoms with E-state index in [1.54, 1.807) is 17.0 Å². The van der Waals surface area contributed by atoms with E-state index < -0.39 is 24.1 Å². The summed E-state index contributed by atoms with van der Waals surface area (Å²) >= 11 is 0. The first kappa shape index (κ1) is 23.5. The standard InChI is InChI=1S/C21H30N2O7/c1-14-16(12-29-13-18(24)25)10-15(19(26)28-5)11-17(14)22-6-8-23(9-7-22)20(27)30-21(2,3)4/h10-11H,6-9,12-13H2,1-5H3,(H,24,25). The molecule has 0 aromatic heterocycles. The number of piperazine rings is 1. The lowest BCUT2D eigenvalue weighted by atomic mass is 10.0. The molecule has 9 nitrogen and oxygen atoms in total. The Hall–Kier alpha value is -2.81. The molecule has 0 unspecified atom stereocenters. The summed E-state index contributed by atoms with van der Waals surface area (Å²) in [6, 6.07) is 3.41. The maximum absolute atomic E-state index is 12.3. The predicted octanol–water partition coefficient (Wildman–Crippen LogP) is 2.44. The van der Waals surface area contributed by atoms with Crippen molar-refractivity contribution in [2.45, 2.75) is 39.9 Å². The molecule has 0 atom stereocenters. The number of hydrogen-bond acceptors (Lipinski definition) is 7. The molecule has 0 saturated carbocycles. The number of nitrogens with zero attached hydrogens (tertiary/aromatic N) is 2. The van der Waals surface area contributed by atoms with Gasteiger partial charge in [-0.05, 0) is 51.0 Å². The number of aliphatic carboxylic acids is 1. The van der Waals surface area contributed by atoms with Crippen molar-refractivity contribution in [2.75, 3.05) is 44.8 Å². The zero-order chi connectivity index (χ0) is 22.5. The zero-order valence-corrected chi connectivity index (χ0v) is 18.2. The number of hydrogen-bond donors (Lipinski definition) is 1. The number of carbonyl (C=O) groups is 3. The van der Waals surface area contributed by atoms with Crippen molar-refractivity contribution < 1.29 is 33.7 Å². The van der Waals surface area contributed by atoms with E-state index >= 15 is 0 Å². The topological polar surface area (TPSA) is 106 Å². The molecular weight excluding hydrogens is 392 g/mol. The maximum atomic E-state index is 12.3. The molecule has 1 amide bonds. The van der Waals surface area contributed by atoms with E-state index in [4.69, 9.17) is 19.3 Å². The summed E-state index contributed by atoms with van der Waals surface area (Å²) in [5.41, 5.74) is 2.24. The van der Waals surface area contributed by atoms with E-state index in [2.05, 4.69) is 4.90 Å². The van der Waals surface area contributed by atoms with E-state index in [0.717, 1.165) is 11.3 Å². The SMILES string of the molecule is COC(=O)c1cc(COCC(=O)O)c(C)c(N2CCN(C(=O)OC(C)(C)C)CC2)c1. The van der Waals surface area contributed by atoms with Crippen molar-refractivity contribution in [1.82, 2.24) is 4.90 Å². The number of rotatable bonds is 6. The van der Waals surface area contributed by atoms with Gasteiger partial charge in [0.25, 0.3) is 0 Å². The largest absolute Gasteiger partial charge is 0.480 e. The molecule has 1 fully saturated rings. The van der Waals surface area contributed by atoms with Crippen molar-refractivity contribution >= 4 is 23.7 Å². The van der Waals surface area contributed by atoms with Crippen LogP contribution in [0.2, 0.25) is 0 Å². The Labute approximate surface area is 176 Å². The van der Waals surface area contributed by atoms with Crippen LogP contribution in [0.5, 0.6) is 0 Å². The molecule has 1 aromatic carbocycles. The number of carboxylic acids is 1. The number of benzene rings is 1. The second kappa shape index (κ2) is 9.80. The molecule has 2 rings (SSSR count). The van der Waals surface area contributed by atoms with Crippen LogP contribution in [0.1, 0.15) is 42.3 Å². The van der Waals surface area contributed by atoms with Crippen LogP contribution in [-0.4, -0.2) is 73.5 Å². The van der Waals surface area contributed by atoms with Crippen LogP contribution in [0, 0.1) is 6.92 Å². The van der Waals surface area contributed by atoms with Crippen LogP contribution < -0.4 is 4.90 Å². The third kappa shape index (κ3) is 6.35. The van der Waals surface area contributed by atoms with Crippen LogP contribution in [0.3, 0.4) is 0 Å². The highest BCUT2D eigenvalue weighted by Crippen LogP contribution is 2.28. The molecule has 1 aliphatic heterocycles. The number of ether oxygens (including phenoxy) is 3. The van der Waals surface area contributed by atoms with E-state index in [-0.39, 0.29) is 12.7 Å². The quantitative estimate of drug-likeness (QED) is 0.697. The van der Waals surface area contributed by atoms with Crippen LogP contribution in [0.25, 0.3) is 0 Å². The third-order valence-electron chi connectivity index (χ3n) is 4.66. The molecule has 9 heteroatoms. The first-order valence-corrected chi connectivity index (χ1v) is 9.76. The Morgan fingerprint density at radius 2 is 1.73 bits per heavy atom. The Morgan fingerprint density at radius 1 is 1.10 bits per heavy atom. The fourth-order valence-electron chi connectivity index (χ4n) is 3.18. The lowest BCUT2D eigenvalue weighted by Crippen LogP contribution is -2.50. The van der Waals surface area contributed by atoms with E-state index in [1.165, 1.54) is 7.11 Å². The summed E-state index contributed by atoms with van der Waals surface area (Å²) in [5, 5.41) is 8.79. The molecule has 1 aliphatic rings. The minimum Gasteiger partial charge on any atom is -0.480 e. The monoisotopic (exact) mass is 422 g/mol. The average molecular weight is 422 g/mol. The van der Waals surface area contributed by atoms with Gasteiger partial charge in [-0.1, -0.05) is 0 Å². The molecule has 0 aliphatic carbocycles. The Morgan fingerprint density at radius 3 is 2.27 bits per heavy atom. The summed E-state index contributed by atoms with van der Waals surface area (Å²) in [4.78, 5) is 38.9. The fourth-order valence-corrected chi connectivity index (χ4v) is 3.18. The van der Waals surface area contributed by atoms with Crippen molar-refractivity contribution in [1.29, 1.82) is 0 Å². The molecule has 0 spiro atoms. The molecular formula is C21H30N2O7. The highest BCUT2D eigenvalue weighted by Gasteiger charge is 2.27. The summed E-state index contributed by atoms with van der Waals surface area (Å²) in [6.07, 6.45) is -0.343. The number of carbonyl (C=O) groups excluding carboxylic acids is 2. The minimum atomic E-state index is -1.06. The lowest BCUT2D eigenvalue weighted by Gasteiger charge is -2.37. The second-order valence-electron chi connectivity index (χ2n) is 8.11. The number of methoxy groups -OCH3 is 1. The van der Waals surface area contributed by atoms with E-state index in [9.17, 15) is 14.4 Å². The van der Waals surface area contributed by atoms with Gasteiger partial charge in [-0.25, -0.2) is 14.4 Å². The molecule has 0 radical (unpaired) electrons. The average Bonchev–Trinajstić information content (AvgIpc) is 2.67. The molecule has 1 aromatic rings. The lowest BCUT2D eigenvalue weighted by molar-refractivity contribution is -0.142. The van der Waals surface area contributed by atoms with Crippen molar-refractivity contribution in [3.05, 3.63) is 28.8 Å². The molecule has 1 saturated heterocycles. The number of amides is 1. The summed E-state index contributed by atoms with van der Waals surface area (Å²) in [6.45, 7) is 9.14. The summed E-state index contributed by atoms with van der Waals surface area (Å²) in [5.74, 6) is -1.54. The third-order valence-corrected chi connectivity index (χ3v) is 4.66. The minimum absolute atomic E-state index is 0.0633. The van der Waals surface area contributed by atoms with Crippen LogP contribution in [0.15, 0.2) is 12.1 Å². The second-order valence-corrected chi connectivity index (χ2v) is 8.11. The highest BCUT2D eigenvalue weighted by atomic mass is 16.6. The molecule has 1 N–H and O–H groups in total. The fraction of sp³-hybridized carbons (Fsp3) is 0.571. The van der Waals surface area contributed by atoms with Gasteiger partial charge in [-0.2, -0.15) is 0 Å². The van der Waals surface area contributed by atoms with Crippen molar-refractivity contribution in [3.63, 3.8) is 0 Å². The molecule has 30 heavy (non-hydrogen) atoms. The Balaban J connectivity index is 2.18. The van der Waals surface area contributed by atoms with E-state index in [1.807, 2.05) is 27.7 Å². The molecule has 0 bridgehead atoms. The maximum Gasteiger partial charge on any atom is 0.410 e. The van der Waals surface area contributed by atoms with Gasteiger partial charge in [-0.3, -0.25) is 0 Å². The van der Waals surface area contributed by atoms with Crippen molar-refractivity contribution in [2.24, 2.45) is 0 Å². The van der Waals surface area contributed by atoms with Gasteiger partial charge in [0.2, 0.25) is 0 Å². The first-order valence-electron chi connectivity index (χ1n) is 9.76. The van der Waals surface area contributed by atoms with Crippen LogP contribution in [0.4, 0.5) is 10.5 Å². The van der Waals surface area contributed by atoms with Crippen LogP contribution in [-0.2, 0) is 25.6 Å². The van der Waals surface area contributed by atoms with Gasteiger partial charge >= 0.3 is 18.0 Å². The van der Waals surface area contributed by atoms with Gasteiger partial charge in [0, 0.05) is 31.9 Å². The van der Waals surface area contributed by atoms with Crippen molar-refractivity contribution in [3.8, 4) is 0 Å². The molecule has 1 heterocycles. The zero-order valence-electron chi connectivity index (χ0n) is 18.2. The van der Waals surface area contributed by atoms with Crippen LogP contribution >= 0.6 is 0 Å². The van der Waals surface area contributed by atoms with Gasteiger partial charge < -0.3 is 29.1 Å². The summed E-state index contributed by atoms with van der Waals surface area (Å²) < 4.78 is 15.5. The molecule has 166 valence electrons. The highest BCUT2D eigenvalue weighted by molar-refractivity contribution is 5.91. The number of esters is 1.